The molecule has 0 aromatic rings. The third kappa shape index (κ3) is 98.1. The molecule has 2 rings (SSSR count). The van der Waals surface area contributed by atoms with Gasteiger partial charge in [0.25, 0.3) is 0 Å². The molecule has 2 fully saturated rings. The van der Waals surface area contributed by atoms with E-state index < -0.39 is 98.8 Å². The van der Waals surface area contributed by atoms with Gasteiger partial charge in [-0.25, -0.2) is 0 Å². The average Bonchev–Trinajstić information content (AvgIpc) is 3.04. The molecule has 0 amide bonds. The smallest absolute Gasteiger partial charge is 0.668 e. The molecule has 26 heteroatoms. The molecule has 4 atom stereocenters. The van der Waals surface area contributed by atoms with Crippen LogP contribution in [0, 0.1) is 0 Å². The largest absolute Gasteiger partial charge is 2.00 e. The summed E-state index contributed by atoms with van der Waals surface area (Å²) in [6.07, 6.45) is 11.3. The number of quaternary nitrogens is 2. The van der Waals surface area contributed by atoms with Crippen LogP contribution in [0.25, 0.3) is 27.9 Å². The Hall–Kier alpha value is 7.01. The molecule has 0 radical (unpaired) electrons. The first-order valence-electron chi connectivity index (χ1n) is 30.9. The molecule has 0 unspecified atom stereocenters. The molecule has 2 aliphatic rings. The normalized spacial score (nSPS) is 18.4. The predicted molar refractivity (Wildman–Crippen MR) is 417 cm³/mol. The van der Waals surface area contributed by atoms with Crippen LogP contribution in [-0.2, 0) is 0 Å². The zero-order valence-electron chi connectivity index (χ0n) is 66.0. The molecule has 0 heterocycles. The summed E-state index contributed by atoms with van der Waals surface area (Å²) in [4.78, 5) is 8.04. The van der Waals surface area contributed by atoms with Crippen molar-refractivity contribution in [1.82, 2.24) is 9.80 Å². The van der Waals surface area contributed by atoms with Gasteiger partial charge in [0.1, 0.15) is 12.1 Å². The Morgan fingerprint density at radius 2 is 0.354 bits per heavy atom. The van der Waals surface area contributed by atoms with E-state index in [2.05, 4.69) is 302 Å². The van der Waals surface area contributed by atoms with Crippen molar-refractivity contribution in [2.45, 2.75) is 311 Å². The van der Waals surface area contributed by atoms with Crippen LogP contribution in [0.1, 0.15) is 51.4 Å². The van der Waals surface area contributed by atoms with Gasteiger partial charge in [0.05, 0.1) is 28.2 Å². The average molecular weight is 1430 g/mol. The minimum Gasteiger partial charge on any atom is -0.668 e. The van der Waals surface area contributed by atoms with E-state index >= 15 is 0 Å². The molecule has 0 aliphatic heterocycles. The molecule has 0 aromatic heterocycles. The summed E-state index contributed by atoms with van der Waals surface area (Å²) >= 11 is 0. The number of nitrogens with zero attached hydrogens (tertiary/aromatic N) is 8. The summed E-state index contributed by atoms with van der Waals surface area (Å²) < 4.78 is 28.9. The van der Waals surface area contributed by atoms with Gasteiger partial charge in [-0.1, -0.05) is 347 Å². The van der Waals surface area contributed by atoms with Crippen LogP contribution in [-0.4, -0.2) is 235 Å². The minimum absolute atomic E-state index is 0. The standard InChI is InChI=1S/2C10H22N2.6C6H18NSi2.2K.2Mg/c2*1-11(2)9-7-5-6-8-10(9)12(3)4;6*1-8(2,3)7-9(4,5)6;;;;/h2*9-10H,5-8H2,1-4H3;6*1-6H3;;;;/q;;6*-1;2*+1;2*+2/p+2/t2*9-,10-;;;;;;;;;;/m11........../s1. The molecule has 0 saturated heterocycles. The second-order valence-electron chi connectivity index (χ2n) is 35.7. The van der Waals surface area contributed by atoms with Gasteiger partial charge < -0.3 is 47.5 Å². The minimum atomic E-state index is -1.11. The number of nitrogens with one attached hydrogen (secondary N) is 2. The molecule has 2 saturated carbocycles. The SMILES string of the molecule is CN(C)[C@@H]1CCCC[C@H]1N(C)C.C[NH+](C)[C@@H]1CCCC[C@H]1[NH+](C)C.C[Si](C)(C)[N-][Si](C)(C)C.C[Si](C)(C)[N-][Si](C)(C)C.C[Si](C)(C)[N-][Si](C)(C)C.C[Si](C)(C)[N-][Si](C)(C)C.C[Si](C)(C)[N-][Si](C)(C)C.C[Si](C)(C)[N-][Si](C)(C)C.[K+].[K+].[Mg+2].[Mg+2]. The quantitative estimate of drug-likeness (QED) is 0.151. The van der Waals surface area contributed by atoms with Crippen molar-refractivity contribution in [3.63, 3.8) is 0 Å². The predicted octanol–water partition coefficient (Wildman–Crippen LogP) is 11.4. The van der Waals surface area contributed by atoms with Crippen LogP contribution in [0.2, 0.25) is 236 Å². The summed E-state index contributed by atoms with van der Waals surface area (Å²) in [6.45, 7) is 82.7. The summed E-state index contributed by atoms with van der Waals surface area (Å²) in [5, 5.41) is 0. The monoisotopic (exact) mass is 1430 g/mol. The van der Waals surface area contributed by atoms with E-state index in [1.807, 2.05) is 0 Å². The Morgan fingerprint density at radius 1 is 0.244 bits per heavy atom. The molecule has 82 heavy (non-hydrogen) atoms. The fraction of sp³-hybridized carbons (Fsp3) is 1.00. The van der Waals surface area contributed by atoms with E-state index in [-0.39, 0.29) is 149 Å². The first-order valence-corrected chi connectivity index (χ1v) is 72.2. The molecule has 2 aliphatic carbocycles. The summed E-state index contributed by atoms with van der Waals surface area (Å²) in [7, 11) is 4.72. The van der Waals surface area contributed by atoms with E-state index in [0.717, 1.165) is 24.2 Å². The van der Waals surface area contributed by atoms with Gasteiger partial charge in [-0.3, -0.25) is 0 Å². The fourth-order valence-corrected chi connectivity index (χ4v) is 59.1. The molecule has 480 valence electrons. The van der Waals surface area contributed by atoms with Crippen LogP contribution in [0.15, 0.2) is 0 Å². The van der Waals surface area contributed by atoms with Crippen LogP contribution in [0.5, 0.6) is 0 Å². The van der Waals surface area contributed by atoms with Crippen molar-refractivity contribution >= 4 is 145 Å². The number of likely N-dealkylation sites (N-methyl/N-ethyl adjacent to an activating group) is 4. The Bertz CT molecular complexity index is 1150. The second-order valence-corrected chi connectivity index (χ2v) is 93.2. The first-order chi connectivity index (χ1) is 33.5. The maximum atomic E-state index is 4.82. The Kier molecular flexibility index (Phi) is 65.5. The molecule has 10 nitrogen and oxygen atoms in total. The van der Waals surface area contributed by atoms with Crippen molar-refractivity contribution in [3.05, 3.63) is 27.9 Å². The van der Waals surface area contributed by atoms with Gasteiger partial charge in [0.15, 0.2) is 0 Å². The van der Waals surface area contributed by atoms with Gasteiger partial charge in [-0.05, 0) is 53.9 Å². The van der Waals surface area contributed by atoms with E-state index in [9.17, 15) is 0 Å². The van der Waals surface area contributed by atoms with Crippen molar-refractivity contribution < 1.29 is 113 Å². The number of rotatable bonds is 16. The van der Waals surface area contributed by atoms with E-state index in [0.29, 0.717) is 0 Å². The maximum absolute atomic E-state index is 4.82. The zero-order valence-corrected chi connectivity index (χ0v) is 87.0. The van der Waals surface area contributed by atoms with Gasteiger partial charge in [0.2, 0.25) is 0 Å². The zero-order chi connectivity index (χ0) is 64.5. The summed E-state index contributed by atoms with van der Waals surface area (Å²) in [5.74, 6) is 0. The van der Waals surface area contributed by atoms with Crippen LogP contribution in [0.3, 0.4) is 0 Å². The molecule has 0 aromatic carbocycles. The molecule has 2 N–H and O–H groups in total. The Morgan fingerprint density at radius 3 is 0.427 bits per heavy atom. The van der Waals surface area contributed by atoms with Gasteiger partial charge in [0, 0.05) is 24.9 Å². The first kappa shape index (κ1) is 110. The summed E-state index contributed by atoms with van der Waals surface area (Å²) in [5.41, 5.74) is 0. The van der Waals surface area contributed by atoms with Gasteiger partial charge in [-0.2, -0.15) is 0 Å². The molecule has 0 spiro atoms. The van der Waals surface area contributed by atoms with Crippen molar-refractivity contribution in [2.24, 2.45) is 0 Å². The third-order valence-electron chi connectivity index (χ3n) is 10.3. The Labute approximate surface area is 652 Å². The molecule has 0 bridgehead atoms. The van der Waals surface area contributed by atoms with Crippen LogP contribution >= 0.6 is 0 Å². The van der Waals surface area contributed by atoms with Crippen molar-refractivity contribution in [2.75, 3.05) is 56.4 Å². The topological polar surface area (TPSA) is 100.0 Å². The summed E-state index contributed by atoms with van der Waals surface area (Å²) in [6, 6.07) is 3.33. The molecular weight excluding hydrogens is 1280 g/mol. The van der Waals surface area contributed by atoms with Crippen LogP contribution in [0.4, 0.5) is 0 Å². The van der Waals surface area contributed by atoms with E-state index in [4.69, 9.17) is 27.9 Å². The molecular formula is C56H154K2Mg2N10Si12+2. The fourth-order valence-electron chi connectivity index (χ4n) is 10.8. The van der Waals surface area contributed by atoms with Gasteiger partial charge >= 0.3 is 149 Å². The Balaban J connectivity index is -0.0000000900. The number of hydrogen-bond donors (Lipinski definition) is 2. The maximum Gasteiger partial charge on any atom is 2.00 e. The van der Waals surface area contributed by atoms with Crippen LogP contribution < -0.4 is 113 Å². The third-order valence-corrected chi connectivity index (χ3v) is 42.5. The van der Waals surface area contributed by atoms with E-state index in [1.165, 1.54) is 51.4 Å². The van der Waals surface area contributed by atoms with E-state index in [1.54, 1.807) is 9.80 Å². The second kappa shape index (κ2) is 48.7. The van der Waals surface area contributed by atoms with Gasteiger partial charge in [-0.15, -0.1) is 0 Å². The van der Waals surface area contributed by atoms with Crippen molar-refractivity contribution in [1.29, 1.82) is 0 Å². The number of hydrogen-bond acceptors (Lipinski definition) is 2. The van der Waals surface area contributed by atoms with Crippen molar-refractivity contribution in [3.8, 4) is 0 Å².